The van der Waals surface area contributed by atoms with E-state index in [1.807, 2.05) is 36.1 Å². The molecule has 0 unspecified atom stereocenters. The molecule has 0 aromatic heterocycles. The molecule has 0 amide bonds. The summed E-state index contributed by atoms with van der Waals surface area (Å²) in [6.45, 7) is 0. The summed E-state index contributed by atoms with van der Waals surface area (Å²) in [6.07, 6.45) is 0. The van der Waals surface area contributed by atoms with Gasteiger partial charge in [0.05, 0.1) is 0 Å². The van der Waals surface area contributed by atoms with Gasteiger partial charge < -0.3 is 0 Å². The van der Waals surface area contributed by atoms with Crippen molar-refractivity contribution in [1.29, 1.82) is 0 Å². The molecule has 0 saturated carbocycles. The van der Waals surface area contributed by atoms with E-state index in [4.69, 9.17) is 20.0 Å². The molecule has 0 spiro atoms. The molecule has 0 nitrogen and oxygen atoms in total. The number of hydrogen-bond donors (Lipinski definition) is 0. The summed E-state index contributed by atoms with van der Waals surface area (Å²) < 4.78 is 1.12. The SMILES string of the molecule is [CH3][Ge]([Cl])([Cl])[c]1ccccc1. The van der Waals surface area contributed by atoms with Crippen LogP contribution in [0, 0.1) is 0 Å². The predicted molar refractivity (Wildman–Crippen MR) is 49.4 cm³/mol. The van der Waals surface area contributed by atoms with Crippen molar-refractivity contribution in [3.8, 4) is 0 Å². The van der Waals surface area contributed by atoms with E-state index >= 15 is 0 Å². The Morgan fingerprint density at radius 1 is 1.10 bits per heavy atom. The second-order valence-corrected chi connectivity index (χ2v) is 16.1. The second-order valence-electron chi connectivity index (χ2n) is 2.25. The van der Waals surface area contributed by atoms with E-state index in [9.17, 15) is 0 Å². The van der Waals surface area contributed by atoms with Crippen molar-refractivity contribution in [1.82, 2.24) is 0 Å². The van der Waals surface area contributed by atoms with Gasteiger partial charge in [0.1, 0.15) is 0 Å². The molecule has 3 heteroatoms. The minimum absolute atomic E-state index is 1.12. The molecule has 54 valence electrons. The molecule has 1 rings (SSSR count). The van der Waals surface area contributed by atoms with Gasteiger partial charge in [-0.15, -0.1) is 0 Å². The van der Waals surface area contributed by atoms with Gasteiger partial charge >= 0.3 is 71.9 Å². The van der Waals surface area contributed by atoms with Crippen LogP contribution in [0.2, 0.25) is 5.76 Å². The Bertz CT molecular complexity index is 203. The van der Waals surface area contributed by atoms with Gasteiger partial charge in [0.15, 0.2) is 0 Å². The zero-order chi connectivity index (χ0) is 7.61. The molecule has 1 aromatic rings. The number of benzene rings is 1. The fourth-order valence-corrected chi connectivity index (χ4v) is 3.67. The topological polar surface area (TPSA) is 0 Å². The van der Waals surface area contributed by atoms with Crippen LogP contribution in [-0.4, -0.2) is 11.4 Å². The zero-order valence-electron chi connectivity index (χ0n) is 5.64. The van der Waals surface area contributed by atoms with Crippen LogP contribution in [0.5, 0.6) is 0 Å². The summed E-state index contributed by atoms with van der Waals surface area (Å²) >= 11 is -2.55. The van der Waals surface area contributed by atoms with Gasteiger partial charge in [-0.1, -0.05) is 0 Å². The maximum atomic E-state index is 6.01. The molecule has 0 aliphatic carbocycles. The number of halogens is 2. The van der Waals surface area contributed by atoms with Crippen LogP contribution in [0.4, 0.5) is 0 Å². The van der Waals surface area contributed by atoms with Crippen LogP contribution in [0.1, 0.15) is 0 Å². The summed E-state index contributed by atoms with van der Waals surface area (Å²) in [5.74, 6) is 1.94. The van der Waals surface area contributed by atoms with Crippen LogP contribution < -0.4 is 4.40 Å². The standard InChI is InChI=1S/C7H8Cl2Ge/c1-10(8,9)7-5-3-2-4-6-7/h2-6H,1H3. The first-order valence-electron chi connectivity index (χ1n) is 3.04. The average Bonchev–Trinajstić information content (AvgIpc) is 1.88. The molecule has 0 N–H and O–H groups in total. The Morgan fingerprint density at radius 2 is 1.60 bits per heavy atom. The summed E-state index contributed by atoms with van der Waals surface area (Å²) in [7, 11) is 12.0. The fraction of sp³-hybridized carbons (Fsp3) is 0.143. The maximum absolute atomic E-state index is 6.01. The van der Waals surface area contributed by atoms with Crippen molar-refractivity contribution >= 4 is 35.8 Å². The molecule has 0 saturated heterocycles. The Labute approximate surface area is 71.9 Å². The van der Waals surface area contributed by atoms with Crippen molar-refractivity contribution in [2.45, 2.75) is 5.76 Å². The van der Waals surface area contributed by atoms with Gasteiger partial charge in [-0.25, -0.2) is 0 Å². The molecule has 10 heavy (non-hydrogen) atoms. The molecule has 0 fully saturated rings. The molecular formula is C7H8Cl2Ge. The Hall–Kier alpha value is 0.343. The molecular weight excluding hydrogens is 228 g/mol. The molecule has 0 aliphatic rings. The van der Waals surface area contributed by atoms with Crippen molar-refractivity contribution in [3.05, 3.63) is 30.3 Å². The first kappa shape index (κ1) is 8.44. The summed E-state index contributed by atoms with van der Waals surface area (Å²) in [5, 5.41) is 0. The van der Waals surface area contributed by atoms with Crippen molar-refractivity contribution < 1.29 is 0 Å². The van der Waals surface area contributed by atoms with Crippen molar-refractivity contribution in [2.24, 2.45) is 0 Å². The Kier molecular flexibility index (Phi) is 2.67. The third-order valence-corrected chi connectivity index (χ3v) is 6.37. The third kappa shape index (κ3) is 2.19. The first-order valence-corrected chi connectivity index (χ1v) is 11.7. The molecule has 0 bridgehead atoms. The van der Waals surface area contributed by atoms with Gasteiger partial charge in [0, 0.05) is 0 Å². The number of hydrogen-bond acceptors (Lipinski definition) is 0. The Morgan fingerprint density at radius 3 is 1.90 bits per heavy atom. The fourth-order valence-electron chi connectivity index (χ4n) is 0.731. The van der Waals surface area contributed by atoms with E-state index in [1.54, 1.807) is 0 Å². The van der Waals surface area contributed by atoms with Crippen molar-refractivity contribution in [2.75, 3.05) is 0 Å². The summed E-state index contributed by atoms with van der Waals surface area (Å²) in [5.41, 5.74) is 0. The molecule has 0 radical (unpaired) electrons. The minimum atomic E-state index is -2.55. The summed E-state index contributed by atoms with van der Waals surface area (Å²) in [4.78, 5) is 0. The average molecular weight is 236 g/mol. The first-order chi connectivity index (χ1) is 4.61. The quantitative estimate of drug-likeness (QED) is 0.656. The molecule has 0 aliphatic heterocycles. The van der Waals surface area contributed by atoms with Gasteiger partial charge in [0.2, 0.25) is 0 Å². The third-order valence-electron chi connectivity index (χ3n) is 1.28. The van der Waals surface area contributed by atoms with Crippen LogP contribution in [-0.2, 0) is 0 Å². The monoisotopic (exact) mass is 236 g/mol. The zero-order valence-corrected chi connectivity index (χ0v) is 9.25. The predicted octanol–water partition coefficient (Wildman–Crippen LogP) is 2.44. The van der Waals surface area contributed by atoms with E-state index in [0.717, 1.165) is 4.40 Å². The van der Waals surface area contributed by atoms with E-state index < -0.39 is 11.4 Å². The van der Waals surface area contributed by atoms with Crippen molar-refractivity contribution in [3.63, 3.8) is 0 Å². The summed E-state index contributed by atoms with van der Waals surface area (Å²) in [6, 6.07) is 9.86. The van der Waals surface area contributed by atoms with E-state index in [0.29, 0.717) is 0 Å². The van der Waals surface area contributed by atoms with E-state index in [-0.39, 0.29) is 0 Å². The van der Waals surface area contributed by atoms with E-state index in [2.05, 4.69) is 0 Å². The van der Waals surface area contributed by atoms with Gasteiger partial charge in [-0.05, 0) is 0 Å². The molecule has 1 aromatic carbocycles. The van der Waals surface area contributed by atoms with Crippen LogP contribution in [0.25, 0.3) is 0 Å². The Balaban J connectivity index is 2.97. The normalized spacial score (nSPS) is 11.5. The van der Waals surface area contributed by atoms with Gasteiger partial charge in [-0.2, -0.15) is 0 Å². The van der Waals surface area contributed by atoms with Gasteiger partial charge in [0.25, 0.3) is 0 Å². The number of rotatable bonds is 1. The molecule has 0 atom stereocenters. The van der Waals surface area contributed by atoms with E-state index in [1.165, 1.54) is 0 Å². The molecule has 0 heterocycles. The van der Waals surface area contributed by atoms with Crippen LogP contribution >= 0.6 is 20.0 Å². The van der Waals surface area contributed by atoms with Crippen LogP contribution in [0.3, 0.4) is 0 Å². The van der Waals surface area contributed by atoms with Gasteiger partial charge in [-0.3, -0.25) is 0 Å². The van der Waals surface area contributed by atoms with Crippen LogP contribution in [0.15, 0.2) is 30.3 Å². The second kappa shape index (κ2) is 3.16.